The molecule has 0 unspecified atom stereocenters. The highest BCUT2D eigenvalue weighted by molar-refractivity contribution is 5.93. The normalized spacial score (nSPS) is 8.92. The van der Waals surface area contributed by atoms with Crippen molar-refractivity contribution in [2.45, 2.75) is 0 Å². The summed E-state index contributed by atoms with van der Waals surface area (Å²) in [5.41, 5.74) is 0.695. The summed E-state index contributed by atoms with van der Waals surface area (Å²) in [4.78, 5) is 31.0. The summed E-state index contributed by atoms with van der Waals surface area (Å²) in [6.45, 7) is 0.0654. The van der Waals surface area contributed by atoms with Gasteiger partial charge in [0.05, 0.1) is 5.56 Å². The Labute approximate surface area is 74.1 Å². The van der Waals surface area contributed by atoms with Crippen LogP contribution in [-0.4, -0.2) is 18.7 Å². The maximum Gasteiger partial charge on any atom is 0.345 e. The van der Waals surface area contributed by atoms with Gasteiger partial charge in [0.15, 0.2) is 0 Å². The first-order valence-corrected chi connectivity index (χ1v) is 3.48. The molecule has 0 aliphatic rings. The van der Waals surface area contributed by atoms with E-state index in [-0.39, 0.29) is 12.0 Å². The molecule has 1 aromatic rings. The van der Waals surface area contributed by atoms with Crippen molar-refractivity contribution in [1.82, 2.24) is 0 Å². The molecule has 0 fully saturated rings. The molecule has 0 spiro atoms. The lowest BCUT2D eigenvalue weighted by atomic mass is 10.1. The van der Waals surface area contributed by atoms with Crippen LogP contribution < -0.4 is 0 Å². The van der Waals surface area contributed by atoms with E-state index < -0.39 is 5.97 Å². The van der Waals surface area contributed by atoms with Crippen LogP contribution in [0.15, 0.2) is 24.3 Å². The molecule has 0 heterocycles. The fourth-order valence-electron chi connectivity index (χ4n) is 0.810. The van der Waals surface area contributed by atoms with Crippen molar-refractivity contribution in [1.29, 1.82) is 0 Å². The second-order valence-corrected chi connectivity index (χ2v) is 2.24. The van der Waals surface area contributed by atoms with Gasteiger partial charge in [-0.05, 0) is 12.1 Å². The number of carbonyl (C=O) groups excluding carboxylic acids is 3. The Bertz CT molecular complexity index is 326. The number of rotatable bonds is 3. The van der Waals surface area contributed by atoms with Crippen molar-refractivity contribution in [3.63, 3.8) is 0 Å². The van der Waals surface area contributed by atoms with Crippen LogP contribution in [0.1, 0.15) is 20.7 Å². The highest BCUT2D eigenvalue weighted by atomic mass is 16.6. The Balaban J connectivity index is 2.85. The molecule has 4 heteroatoms. The molecule has 0 aliphatic carbocycles. The molecule has 0 amide bonds. The van der Waals surface area contributed by atoms with Gasteiger partial charge in [-0.25, -0.2) is 4.79 Å². The van der Waals surface area contributed by atoms with E-state index >= 15 is 0 Å². The van der Waals surface area contributed by atoms with E-state index in [2.05, 4.69) is 4.74 Å². The Morgan fingerprint density at radius 2 is 1.77 bits per heavy atom. The minimum Gasteiger partial charge on any atom is -0.392 e. The third-order valence-corrected chi connectivity index (χ3v) is 1.44. The van der Waals surface area contributed by atoms with Gasteiger partial charge in [0.25, 0.3) is 0 Å². The van der Waals surface area contributed by atoms with Crippen molar-refractivity contribution >= 4 is 18.7 Å². The lowest BCUT2D eigenvalue weighted by Crippen LogP contribution is -2.02. The third kappa shape index (κ3) is 2.23. The van der Waals surface area contributed by atoms with Crippen molar-refractivity contribution < 1.29 is 19.1 Å². The number of hydrogen-bond donors (Lipinski definition) is 0. The van der Waals surface area contributed by atoms with Crippen molar-refractivity contribution in [3.05, 3.63) is 35.4 Å². The van der Waals surface area contributed by atoms with Gasteiger partial charge in [0, 0.05) is 5.56 Å². The Hall–Kier alpha value is -1.97. The van der Waals surface area contributed by atoms with Crippen LogP contribution in [0, 0.1) is 0 Å². The molecule has 4 nitrogen and oxygen atoms in total. The number of benzene rings is 1. The molecule has 0 N–H and O–H groups in total. The maximum atomic E-state index is 10.9. The van der Waals surface area contributed by atoms with Crippen molar-refractivity contribution in [2.75, 3.05) is 0 Å². The van der Waals surface area contributed by atoms with Crippen LogP contribution in [0.3, 0.4) is 0 Å². The average molecular weight is 178 g/mol. The molecule has 0 radical (unpaired) electrons. The molecular formula is C9H6O4. The first-order valence-electron chi connectivity index (χ1n) is 3.48. The molecule has 0 saturated heterocycles. The highest BCUT2D eigenvalue weighted by Gasteiger charge is 2.05. The van der Waals surface area contributed by atoms with Gasteiger partial charge in [-0.1, -0.05) is 12.1 Å². The van der Waals surface area contributed by atoms with Crippen molar-refractivity contribution in [3.8, 4) is 0 Å². The van der Waals surface area contributed by atoms with E-state index in [0.717, 1.165) is 0 Å². The first-order chi connectivity index (χ1) is 6.27. The Kier molecular flexibility index (Phi) is 2.92. The van der Waals surface area contributed by atoms with Gasteiger partial charge in [0.2, 0.25) is 0 Å². The summed E-state index contributed by atoms with van der Waals surface area (Å²) < 4.78 is 4.09. The summed E-state index contributed by atoms with van der Waals surface area (Å²) in [5, 5.41) is 0. The average Bonchev–Trinajstić information content (AvgIpc) is 2.18. The predicted molar refractivity (Wildman–Crippen MR) is 43.3 cm³/mol. The smallest absolute Gasteiger partial charge is 0.345 e. The zero-order valence-electron chi connectivity index (χ0n) is 6.60. The van der Waals surface area contributed by atoms with E-state index in [1.165, 1.54) is 24.3 Å². The molecule has 1 aromatic carbocycles. The zero-order valence-corrected chi connectivity index (χ0v) is 6.60. The first kappa shape index (κ1) is 9.12. The second kappa shape index (κ2) is 4.15. The number of ether oxygens (including phenoxy) is 1. The van der Waals surface area contributed by atoms with E-state index in [9.17, 15) is 14.4 Å². The molecule has 66 valence electrons. The standard InChI is InChI=1S/C9H6O4/c10-5-7-1-3-8(4-2-7)9(12)13-6-11/h1-6H. The van der Waals surface area contributed by atoms with Gasteiger partial charge in [-0.15, -0.1) is 0 Å². The monoisotopic (exact) mass is 178 g/mol. The quantitative estimate of drug-likeness (QED) is 0.390. The minimum absolute atomic E-state index is 0.0654. The molecule has 0 atom stereocenters. The highest BCUT2D eigenvalue weighted by Crippen LogP contribution is 2.03. The summed E-state index contributed by atoms with van der Waals surface area (Å²) in [6.07, 6.45) is 0.662. The number of esters is 1. The van der Waals surface area contributed by atoms with Crippen LogP contribution in [0.2, 0.25) is 0 Å². The number of hydrogen-bond acceptors (Lipinski definition) is 4. The van der Waals surface area contributed by atoms with E-state index in [1.807, 2.05) is 0 Å². The summed E-state index contributed by atoms with van der Waals surface area (Å²) in [5.74, 6) is -0.729. The van der Waals surface area contributed by atoms with E-state index in [1.54, 1.807) is 0 Å². The lowest BCUT2D eigenvalue weighted by molar-refractivity contribution is -0.123. The van der Waals surface area contributed by atoms with E-state index in [4.69, 9.17) is 0 Å². The van der Waals surface area contributed by atoms with Crippen LogP contribution in [0.5, 0.6) is 0 Å². The Morgan fingerprint density at radius 3 is 2.23 bits per heavy atom. The zero-order chi connectivity index (χ0) is 9.68. The molecule has 0 saturated carbocycles. The molecule has 1 rings (SSSR count). The van der Waals surface area contributed by atoms with Crippen molar-refractivity contribution in [2.24, 2.45) is 0 Å². The number of carbonyl (C=O) groups is 3. The van der Waals surface area contributed by atoms with E-state index in [0.29, 0.717) is 11.8 Å². The number of aldehydes is 1. The minimum atomic E-state index is -0.729. The van der Waals surface area contributed by atoms with Gasteiger partial charge >= 0.3 is 12.4 Å². The lowest BCUT2D eigenvalue weighted by Gasteiger charge is -1.96. The van der Waals surface area contributed by atoms with Crippen LogP contribution >= 0.6 is 0 Å². The summed E-state index contributed by atoms with van der Waals surface area (Å²) in [7, 11) is 0. The van der Waals surface area contributed by atoms with Gasteiger partial charge < -0.3 is 4.74 Å². The Morgan fingerprint density at radius 1 is 1.15 bits per heavy atom. The molecular weight excluding hydrogens is 172 g/mol. The van der Waals surface area contributed by atoms with Crippen LogP contribution in [-0.2, 0) is 9.53 Å². The molecule has 13 heavy (non-hydrogen) atoms. The largest absolute Gasteiger partial charge is 0.392 e. The van der Waals surface area contributed by atoms with Crippen LogP contribution in [0.25, 0.3) is 0 Å². The fourth-order valence-corrected chi connectivity index (χ4v) is 0.810. The maximum absolute atomic E-state index is 10.9. The van der Waals surface area contributed by atoms with Gasteiger partial charge in [-0.3, -0.25) is 9.59 Å². The molecule has 0 aromatic heterocycles. The predicted octanol–water partition coefficient (Wildman–Crippen LogP) is 0.812. The van der Waals surface area contributed by atoms with Gasteiger partial charge in [-0.2, -0.15) is 0 Å². The SMILES string of the molecule is O=COC(=O)c1ccc(C=O)cc1. The summed E-state index contributed by atoms with van der Waals surface area (Å²) in [6, 6.07) is 5.76. The summed E-state index contributed by atoms with van der Waals surface area (Å²) >= 11 is 0. The molecule has 0 aliphatic heterocycles. The molecule has 0 bridgehead atoms. The second-order valence-electron chi connectivity index (χ2n) is 2.24. The van der Waals surface area contributed by atoms with Gasteiger partial charge in [0.1, 0.15) is 6.29 Å². The fraction of sp³-hybridized carbons (Fsp3) is 0. The van der Waals surface area contributed by atoms with Crippen LogP contribution in [0.4, 0.5) is 0 Å². The third-order valence-electron chi connectivity index (χ3n) is 1.44. The topological polar surface area (TPSA) is 60.4 Å².